The van der Waals surface area contributed by atoms with Crippen molar-refractivity contribution in [1.29, 1.82) is 0 Å². The van der Waals surface area contributed by atoms with Gasteiger partial charge in [-0.2, -0.15) is 4.98 Å². The van der Waals surface area contributed by atoms with Crippen LogP contribution in [0.5, 0.6) is 0 Å². The summed E-state index contributed by atoms with van der Waals surface area (Å²) < 4.78 is 15.6. The first-order chi connectivity index (χ1) is 11.6. The Balaban J connectivity index is 1.70. The van der Waals surface area contributed by atoms with Gasteiger partial charge >= 0.3 is 5.97 Å². The van der Waals surface area contributed by atoms with Crippen LogP contribution >= 0.6 is 0 Å². The molecule has 1 aliphatic heterocycles. The molecule has 0 saturated carbocycles. The molecule has 2 aromatic rings. The van der Waals surface area contributed by atoms with Gasteiger partial charge in [-0.05, 0) is 45.2 Å². The minimum absolute atomic E-state index is 0.218. The van der Waals surface area contributed by atoms with Gasteiger partial charge in [-0.1, -0.05) is 5.16 Å². The van der Waals surface area contributed by atoms with E-state index in [0.717, 1.165) is 12.8 Å². The third-order valence-corrected chi connectivity index (χ3v) is 3.95. The zero-order valence-corrected chi connectivity index (χ0v) is 13.6. The normalized spacial score (nSPS) is 19.1. The molecule has 2 atom stereocenters. The van der Waals surface area contributed by atoms with Crippen LogP contribution in [0.15, 0.2) is 27.3 Å². The number of nitrogens with zero attached hydrogens (tertiary/aromatic N) is 3. The molecule has 0 radical (unpaired) electrons. The van der Waals surface area contributed by atoms with Crippen LogP contribution < -0.4 is 0 Å². The van der Waals surface area contributed by atoms with Crippen molar-refractivity contribution in [3.05, 3.63) is 35.9 Å². The van der Waals surface area contributed by atoms with Gasteiger partial charge in [0.2, 0.25) is 0 Å². The molecule has 0 aliphatic carbocycles. The van der Waals surface area contributed by atoms with Gasteiger partial charge in [-0.3, -0.25) is 4.79 Å². The van der Waals surface area contributed by atoms with Crippen LogP contribution in [0.4, 0.5) is 0 Å². The van der Waals surface area contributed by atoms with Gasteiger partial charge in [-0.15, -0.1) is 0 Å². The number of hydrogen-bond acceptors (Lipinski definition) is 7. The molecule has 1 saturated heterocycles. The van der Waals surface area contributed by atoms with Crippen LogP contribution in [0.2, 0.25) is 0 Å². The van der Waals surface area contributed by atoms with Crippen molar-refractivity contribution in [3.63, 3.8) is 0 Å². The number of esters is 1. The largest absolute Gasteiger partial charge is 0.459 e. The molecule has 8 heteroatoms. The molecule has 1 fully saturated rings. The second-order valence-corrected chi connectivity index (χ2v) is 5.75. The maximum Gasteiger partial charge on any atom is 0.329 e. The SMILES string of the molecule is Cc1noc([C@@H](C)OC(=O)[C@H]2CCCCN2C(=O)c2ccco2)n1. The molecule has 0 N–H and O–H groups in total. The summed E-state index contributed by atoms with van der Waals surface area (Å²) in [5, 5.41) is 3.68. The van der Waals surface area contributed by atoms with E-state index >= 15 is 0 Å². The maximum atomic E-state index is 12.5. The molecule has 1 aliphatic rings. The van der Waals surface area contributed by atoms with Crippen LogP contribution in [-0.4, -0.2) is 39.5 Å². The summed E-state index contributed by atoms with van der Waals surface area (Å²) in [6.45, 7) is 3.84. The third-order valence-electron chi connectivity index (χ3n) is 3.95. The minimum Gasteiger partial charge on any atom is -0.459 e. The van der Waals surface area contributed by atoms with Crippen molar-refractivity contribution in [2.24, 2.45) is 0 Å². The van der Waals surface area contributed by atoms with Gasteiger partial charge in [0.15, 0.2) is 17.7 Å². The number of amides is 1. The van der Waals surface area contributed by atoms with E-state index in [1.807, 2.05) is 0 Å². The highest BCUT2D eigenvalue weighted by molar-refractivity contribution is 5.94. The number of aryl methyl sites for hydroxylation is 1. The standard InChI is InChI=1S/C16H19N3O5/c1-10(14-17-11(2)18-24-14)23-16(21)12-6-3-4-8-19(12)15(20)13-7-5-9-22-13/h5,7,9-10,12H,3-4,6,8H2,1-2H3/t10-,12-/m1/s1. The quantitative estimate of drug-likeness (QED) is 0.791. The Morgan fingerprint density at radius 3 is 2.92 bits per heavy atom. The number of piperidine rings is 1. The molecule has 0 spiro atoms. The van der Waals surface area contributed by atoms with Crippen molar-refractivity contribution < 1.29 is 23.3 Å². The average Bonchev–Trinajstić information content (AvgIpc) is 3.25. The summed E-state index contributed by atoms with van der Waals surface area (Å²) in [5.74, 6) is 0.150. The molecular formula is C16H19N3O5. The van der Waals surface area contributed by atoms with E-state index in [0.29, 0.717) is 18.8 Å². The molecule has 0 aromatic carbocycles. The lowest BCUT2D eigenvalue weighted by Crippen LogP contribution is -2.48. The highest BCUT2D eigenvalue weighted by Gasteiger charge is 2.36. The second kappa shape index (κ2) is 6.86. The van der Waals surface area contributed by atoms with Gasteiger partial charge < -0.3 is 18.6 Å². The van der Waals surface area contributed by atoms with Gasteiger partial charge in [0.25, 0.3) is 11.8 Å². The topological polar surface area (TPSA) is 98.7 Å². The molecule has 1 amide bonds. The van der Waals surface area contributed by atoms with Crippen molar-refractivity contribution in [2.75, 3.05) is 6.54 Å². The first-order valence-corrected chi connectivity index (χ1v) is 7.91. The Kier molecular flexibility index (Phi) is 4.64. The van der Waals surface area contributed by atoms with E-state index in [1.165, 1.54) is 11.2 Å². The van der Waals surface area contributed by atoms with Gasteiger partial charge in [0, 0.05) is 6.54 Å². The molecule has 2 aromatic heterocycles. The molecule has 0 unspecified atom stereocenters. The second-order valence-electron chi connectivity index (χ2n) is 5.75. The smallest absolute Gasteiger partial charge is 0.329 e. The van der Waals surface area contributed by atoms with Gasteiger partial charge in [0.1, 0.15) is 6.04 Å². The Morgan fingerprint density at radius 2 is 2.25 bits per heavy atom. The summed E-state index contributed by atoms with van der Waals surface area (Å²) >= 11 is 0. The number of likely N-dealkylation sites (tertiary alicyclic amines) is 1. The fourth-order valence-electron chi connectivity index (χ4n) is 2.74. The molecular weight excluding hydrogens is 314 g/mol. The number of carbonyl (C=O) groups is 2. The maximum absolute atomic E-state index is 12.5. The number of aromatic nitrogens is 2. The van der Waals surface area contributed by atoms with Crippen LogP contribution in [0, 0.1) is 6.92 Å². The third kappa shape index (κ3) is 3.32. The molecule has 0 bridgehead atoms. The van der Waals surface area contributed by atoms with Crippen molar-refractivity contribution in [1.82, 2.24) is 15.0 Å². The van der Waals surface area contributed by atoms with E-state index in [-0.39, 0.29) is 17.6 Å². The number of rotatable bonds is 4. The molecule has 128 valence electrons. The first kappa shape index (κ1) is 16.2. The van der Waals surface area contributed by atoms with E-state index in [9.17, 15) is 9.59 Å². The molecule has 3 rings (SSSR count). The van der Waals surface area contributed by atoms with Gasteiger partial charge in [0.05, 0.1) is 6.26 Å². The lowest BCUT2D eigenvalue weighted by Gasteiger charge is -2.33. The molecule has 24 heavy (non-hydrogen) atoms. The van der Waals surface area contributed by atoms with E-state index in [4.69, 9.17) is 13.7 Å². The Hall–Kier alpha value is -2.64. The summed E-state index contributed by atoms with van der Waals surface area (Å²) in [6, 6.07) is 2.59. The summed E-state index contributed by atoms with van der Waals surface area (Å²) in [5.41, 5.74) is 0. The van der Waals surface area contributed by atoms with Gasteiger partial charge in [-0.25, -0.2) is 4.79 Å². The molecule has 8 nitrogen and oxygen atoms in total. The Morgan fingerprint density at radius 1 is 1.42 bits per heavy atom. The highest BCUT2D eigenvalue weighted by Crippen LogP contribution is 2.23. The predicted octanol–water partition coefficient (Wildman–Crippen LogP) is 2.27. The van der Waals surface area contributed by atoms with E-state index in [2.05, 4.69) is 10.1 Å². The fraction of sp³-hybridized carbons (Fsp3) is 0.500. The van der Waals surface area contributed by atoms with Crippen molar-refractivity contribution in [2.45, 2.75) is 45.3 Å². The van der Waals surface area contributed by atoms with Crippen molar-refractivity contribution >= 4 is 11.9 Å². The van der Waals surface area contributed by atoms with Crippen LogP contribution in [0.1, 0.15) is 54.6 Å². The zero-order valence-electron chi connectivity index (χ0n) is 13.6. The number of hydrogen-bond donors (Lipinski definition) is 0. The number of ether oxygens (including phenoxy) is 1. The fourth-order valence-corrected chi connectivity index (χ4v) is 2.74. The number of furan rings is 1. The first-order valence-electron chi connectivity index (χ1n) is 7.91. The minimum atomic E-state index is -0.666. The van der Waals surface area contributed by atoms with E-state index < -0.39 is 18.1 Å². The Labute approximate surface area is 138 Å². The Bertz CT molecular complexity index is 709. The van der Waals surface area contributed by atoms with Crippen LogP contribution in [0.3, 0.4) is 0 Å². The highest BCUT2D eigenvalue weighted by atomic mass is 16.6. The van der Waals surface area contributed by atoms with Crippen LogP contribution in [0.25, 0.3) is 0 Å². The summed E-state index contributed by atoms with van der Waals surface area (Å²) in [6.07, 6.45) is 3.02. The van der Waals surface area contributed by atoms with E-state index in [1.54, 1.807) is 26.0 Å². The monoisotopic (exact) mass is 333 g/mol. The number of carbonyl (C=O) groups excluding carboxylic acids is 2. The summed E-state index contributed by atoms with van der Waals surface area (Å²) in [7, 11) is 0. The lowest BCUT2D eigenvalue weighted by atomic mass is 10.0. The average molecular weight is 333 g/mol. The molecule has 3 heterocycles. The summed E-state index contributed by atoms with van der Waals surface area (Å²) in [4.78, 5) is 30.6. The van der Waals surface area contributed by atoms with Crippen LogP contribution in [-0.2, 0) is 9.53 Å². The van der Waals surface area contributed by atoms with Crippen molar-refractivity contribution in [3.8, 4) is 0 Å². The zero-order chi connectivity index (χ0) is 17.1. The lowest BCUT2D eigenvalue weighted by molar-refractivity contribution is -0.156. The predicted molar refractivity (Wildman–Crippen MR) is 80.9 cm³/mol.